The summed E-state index contributed by atoms with van der Waals surface area (Å²) in [6, 6.07) is 6.69. The lowest BCUT2D eigenvalue weighted by molar-refractivity contribution is 0.131. The molecule has 21 heavy (non-hydrogen) atoms. The maximum Gasteiger partial charge on any atom is 0.231 e. The van der Waals surface area contributed by atoms with E-state index >= 15 is 0 Å². The van der Waals surface area contributed by atoms with Crippen LogP contribution in [0, 0.1) is 0 Å². The second-order valence-electron chi connectivity index (χ2n) is 5.55. The largest absolute Gasteiger partial charge is 0.454 e. The van der Waals surface area contributed by atoms with Crippen molar-refractivity contribution in [2.24, 2.45) is 0 Å². The fraction of sp³-hybridized carbons (Fsp3) is 0.647. The lowest BCUT2D eigenvalue weighted by Gasteiger charge is -2.14. The molecule has 1 aromatic carbocycles. The Morgan fingerprint density at radius 3 is 2.95 bits per heavy atom. The average Bonchev–Trinajstić information content (AvgIpc) is 2.96. The van der Waals surface area contributed by atoms with Gasteiger partial charge in [0.05, 0.1) is 6.61 Å². The third-order valence-corrected chi connectivity index (χ3v) is 3.68. The van der Waals surface area contributed by atoms with E-state index < -0.39 is 0 Å². The third-order valence-electron chi connectivity index (χ3n) is 3.68. The molecule has 0 aromatic heterocycles. The quantitative estimate of drug-likeness (QED) is 0.673. The number of benzene rings is 1. The van der Waals surface area contributed by atoms with Crippen molar-refractivity contribution in [1.82, 2.24) is 5.32 Å². The number of fused-ring (bicyclic) bond motifs is 1. The van der Waals surface area contributed by atoms with Crippen molar-refractivity contribution in [2.75, 3.05) is 26.6 Å². The highest BCUT2D eigenvalue weighted by atomic mass is 16.7. The van der Waals surface area contributed by atoms with E-state index in [0.717, 1.165) is 50.5 Å². The van der Waals surface area contributed by atoms with E-state index in [-0.39, 0.29) is 0 Å². The van der Waals surface area contributed by atoms with Gasteiger partial charge in [-0.2, -0.15) is 0 Å². The zero-order chi connectivity index (χ0) is 14.9. The van der Waals surface area contributed by atoms with Gasteiger partial charge < -0.3 is 19.5 Å². The molecule has 0 fully saturated rings. The van der Waals surface area contributed by atoms with Crippen molar-refractivity contribution in [1.29, 1.82) is 0 Å². The zero-order valence-electron chi connectivity index (χ0n) is 13.2. The first-order valence-electron chi connectivity index (χ1n) is 7.99. The van der Waals surface area contributed by atoms with Gasteiger partial charge in [-0.05, 0) is 43.9 Å². The van der Waals surface area contributed by atoms with Crippen LogP contribution in [0.1, 0.15) is 38.7 Å². The molecule has 0 radical (unpaired) electrons. The molecule has 1 N–H and O–H groups in total. The number of rotatable bonds is 10. The van der Waals surface area contributed by atoms with Gasteiger partial charge in [0.2, 0.25) is 6.79 Å². The maximum absolute atomic E-state index is 5.54. The molecular formula is C17H27NO3. The van der Waals surface area contributed by atoms with Crippen LogP contribution in [0.15, 0.2) is 18.2 Å². The van der Waals surface area contributed by atoms with Crippen molar-refractivity contribution < 1.29 is 14.2 Å². The number of hydrogen-bond donors (Lipinski definition) is 1. The van der Waals surface area contributed by atoms with E-state index in [1.54, 1.807) is 0 Å². The minimum Gasteiger partial charge on any atom is -0.454 e. The van der Waals surface area contributed by atoms with Crippen LogP contribution in [0.5, 0.6) is 11.5 Å². The topological polar surface area (TPSA) is 39.7 Å². The molecule has 1 aromatic rings. The van der Waals surface area contributed by atoms with E-state index in [1.807, 2.05) is 6.07 Å². The standard InChI is InChI=1S/C17H27NO3/c1-3-4-10-19-11-9-18-14(2)5-6-15-7-8-16-17(12-15)21-13-20-16/h7-8,12,14,18H,3-6,9-11,13H2,1-2H3. The van der Waals surface area contributed by atoms with Crippen LogP contribution >= 0.6 is 0 Å². The highest BCUT2D eigenvalue weighted by Gasteiger charge is 2.13. The molecule has 0 saturated carbocycles. The van der Waals surface area contributed by atoms with Crippen LogP contribution in [0.3, 0.4) is 0 Å². The van der Waals surface area contributed by atoms with Crippen LogP contribution in [-0.4, -0.2) is 32.6 Å². The van der Waals surface area contributed by atoms with Crippen LogP contribution in [0.4, 0.5) is 0 Å². The van der Waals surface area contributed by atoms with E-state index in [4.69, 9.17) is 14.2 Å². The van der Waals surface area contributed by atoms with Crippen molar-refractivity contribution in [3.63, 3.8) is 0 Å². The fourth-order valence-electron chi connectivity index (χ4n) is 2.31. The summed E-state index contributed by atoms with van der Waals surface area (Å²) in [6.45, 7) is 7.34. The van der Waals surface area contributed by atoms with Crippen molar-refractivity contribution in [3.8, 4) is 11.5 Å². The minimum absolute atomic E-state index is 0.342. The molecule has 1 atom stereocenters. The molecule has 0 bridgehead atoms. The van der Waals surface area contributed by atoms with Gasteiger partial charge >= 0.3 is 0 Å². The van der Waals surface area contributed by atoms with E-state index in [2.05, 4.69) is 31.3 Å². The summed E-state index contributed by atoms with van der Waals surface area (Å²) in [4.78, 5) is 0. The molecule has 1 heterocycles. The Kier molecular flexibility index (Phi) is 6.83. The van der Waals surface area contributed by atoms with Crippen molar-refractivity contribution in [3.05, 3.63) is 23.8 Å². The van der Waals surface area contributed by atoms with E-state index in [9.17, 15) is 0 Å². The second kappa shape index (κ2) is 8.90. The molecule has 1 unspecified atom stereocenters. The van der Waals surface area contributed by atoms with Gasteiger partial charge in [-0.15, -0.1) is 0 Å². The number of ether oxygens (including phenoxy) is 3. The first kappa shape index (κ1) is 16.1. The number of hydrogen-bond acceptors (Lipinski definition) is 4. The van der Waals surface area contributed by atoms with Gasteiger partial charge in [0.15, 0.2) is 11.5 Å². The number of nitrogens with one attached hydrogen (secondary N) is 1. The molecule has 1 aliphatic heterocycles. The fourth-order valence-corrected chi connectivity index (χ4v) is 2.31. The Bertz CT molecular complexity index is 422. The molecule has 4 heteroatoms. The minimum atomic E-state index is 0.342. The normalized spacial score (nSPS) is 14.4. The summed E-state index contributed by atoms with van der Waals surface area (Å²) in [7, 11) is 0. The molecule has 4 nitrogen and oxygen atoms in total. The predicted molar refractivity (Wildman–Crippen MR) is 84.1 cm³/mol. The summed E-state index contributed by atoms with van der Waals surface area (Å²) >= 11 is 0. The smallest absolute Gasteiger partial charge is 0.231 e. The maximum atomic E-state index is 5.54. The summed E-state index contributed by atoms with van der Waals surface area (Å²) < 4.78 is 16.3. The van der Waals surface area contributed by atoms with Crippen LogP contribution in [0.2, 0.25) is 0 Å². The molecule has 1 aliphatic rings. The van der Waals surface area contributed by atoms with E-state index in [1.165, 1.54) is 12.0 Å². The first-order chi connectivity index (χ1) is 10.3. The van der Waals surface area contributed by atoms with Gasteiger partial charge in [0, 0.05) is 19.2 Å². The van der Waals surface area contributed by atoms with Crippen molar-refractivity contribution in [2.45, 2.75) is 45.6 Å². The predicted octanol–water partition coefficient (Wildman–Crippen LogP) is 3.14. The van der Waals surface area contributed by atoms with Crippen LogP contribution in [-0.2, 0) is 11.2 Å². The Hall–Kier alpha value is -1.26. The molecule has 0 saturated heterocycles. The molecule has 0 aliphatic carbocycles. The van der Waals surface area contributed by atoms with Crippen molar-refractivity contribution >= 4 is 0 Å². The summed E-state index contributed by atoms with van der Waals surface area (Å²) in [5.74, 6) is 1.73. The Morgan fingerprint density at radius 1 is 1.24 bits per heavy atom. The monoisotopic (exact) mass is 293 g/mol. The molecule has 0 spiro atoms. The van der Waals surface area contributed by atoms with Gasteiger partial charge in [-0.3, -0.25) is 0 Å². The third kappa shape index (κ3) is 5.56. The Balaban J connectivity index is 1.59. The lowest BCUT2D eigenvalue weighted by atomic mass is 10.1. The van der Waals surface area contributed by atoms with Gasteiger partial charge in [0.1, 0.15) is 0 Å². The first-order valence-corrected chi connectivity index (χ1v) is 7.99. The van der Waals surface area contributed by atoms with Gasteiger partial charge in [0.25, 0.3) is 0 Å². The molecular weight excluding hydrogens is 266 g/mol. The highest BCUT2D eigenvalue weighted by molar-refractivity contribution is 5.44. The summed E-state index contributed by atoms with van der Waals surface area (Å²) in [5.41, 5.74) is 1.30. The second-order valence-corrected chi connectivity index (χ2v) is 5.55. The van der Waals surface area contributed by atoms with Gasteiger partial charge in [-0.25, -0.2) is 0 Å². The Morgan fingerprint density at radius 2 is 2.10 bits per heavy atom. The molecule has 118 valence electrons. The average molecular weight is 293 g/mol. The number of unbranched alkanes of at least 4 members (excludes halogenated alkanes) is 1. The van der Waals surface area contributed by atoms with Crippen LogP contribution < -0.4 is 14.8 Å². The molecule has 0 amide bonds. The molecule has 2 rings (SSSR count). The SMILES string of the molecule is CCCCOCCNC(C)CCc1ccc2c(c1)OCO2. The Labute approximate surface area is 127 Å². The highest BCUT2D eigenvalue weighted by Crippen LogP contribution is 2.32. The lowest BCUT2D eigenvalue weighted by Crippen LogP contribution is -2.30. The van der Waals surface area contributed by atoms with Gasteiger partial charge in [-0.1, -0.05) is 19.4 Å². The number of aryl methyl sites for hydroxylation is 1. The van der Waals surface area contributed by atoms with Crippen LogP contribution in [0.25, 0.3) is 0 Å². The zero-order valence-corrected chi connectivity index (χ0v) is 13.2. The van der Waals surface area contributed by atoms with E-state index in [0.29, 0.717) is 12.8 Å². The summed E-state index contributed by atoms with van der Waals surface area (Å²) in [5, 5.41) is 3.50. The summed E-state index contributed by atoms with van der Waals surface area (Å²) in [6.07, 6.45) is 4.50.